The fourth-order valence-corrected chi connectivity index (χ4v) is 2.93. The maximum absolute atomic E-state index is 12.3. The zero-order valence-corrected chi connectivity index (χ0v) is 16.4. The van der Waals surface area contributed by atoms with Gasteiger partial charge in [0.1, 0.15) is 0 Å². The predicted octanol–water partition coefficient (Wildman–Crippen LogP) is 5.22. The molecular formula is C22H21ClN2O3. The zero-order chi connectivity index (χ0) is 19.9. The zero-order valence-electron chi connectivity index (χ0n) is 15.7. The molecule has 0 saturated heterocycles. The Morgan fingerprint density at radius 2 is 1.57 bits per heavy atom. The van der Waals surface area contributed by atoms with Gasteiger partial charge in [-0.3, -0.25) is 4.79 Å². The summed E-state index contributed by atoms with van der Waals surface area (Å²) in [6.07, 6.45) is 0. The van der Waals surface area contributed by atoms with Crippen LogP contribution in [0.15, 0.2) is 66.7 Å². The van der Waals surface area contributed by atoms with Crippen molar-refractivity contribution >= 4 is 28.9 Å². The van der Waals surface area contributed by atoms with Crippen molar-refractivity contribution in [2.75, 3.05) is 24.9 Å². The van der Waals surface area contributed by atoms with Gasteiger partial charge in [-0.2, -0.15) is 0 Å². The van der Waals surface area contributed by atoms with Crippen molar-refractivity contribution in [3.8, 4) is 11.5 Å². The van der Waals surface area contributed by atoms with Gasteiger partial charge in [0.2, 0.25) is 0 Å². The van der Waals surface area contributed by atoms with E-state index in [9.17, 15) is 4.79 Å². The van der Waals surface area contributed by atoms with Crippen LogP contribution in [0.1, 0.15) is 15.9 Å². The second-order valence-corrected chi connectivity index (χ2v) is 6.46. The van der Waals surface area contributed by atoms with Gasteiger partial charge in [0.25, 0.3) is 5.91 Å². The number of hydrogen-bond acceptors (Lipinski definition) is 4. The van der Waals surface area contributed by atoms with Crippen LogP contribution in [0.25, 0.3) is 0 Å². The molecule has 0 bridgehead atoms. The molecule has 0 aliphatic carbocycles. The molecule has 0 spiro atoms. The molecule has 5 nitrogen and oxygen atoms in total. The summed E-state index contributed by atoms with van der Waals surface area (Å²) in [4.78, 5) is 12.3. The van der Waals surface area contributed by atoms with Crippen LogP contribution in [0.3, 0.4) is 0 Å². The average molecular weight is 397 g/mol. The largest absolute Gasteiger partial charge is 0.493 e. The lowest BCUT2D eigenvalue weighted by atomic mass is 10.2. The number of halogens is 1. The first kappa shape index (κ1) is 19.6. The topological polar surface area (TPSA) is 59.6 Å². The van der Waals surface area contributed by atoms with Gasteiger partial charge in [0, 0.05) is 17.9 Å². The number of carbonyl (C=O) groups excluding carboxylic acids is 1. The Bertz CT molecular complexity index is 958. The van der Waals surface area contributed by atoms with Crippen LogP contribution in [0.2, 0.25) is 5.02 Å². The van der Waals surface area contributed by atoms with E-state index in [2.05, 4.69) is 10.6 Å². The molecule has 0 atom stereocenters. The van der Waals surface area contributed by atoms with Gasteiger partial charge in [-0.05, 0) is 54.1 Å². The number of amides is 1. The van der Waals surface area contributed by atoms with Crippen LogP contribution >= 0.6 is 11.6 Å². The Morgan fingerprint density at radius 3 is 2.25 bits per heavy atom. The number of carbonyl (C=O) groups is 1. The van der Waals surface area contributed by atoms with Gasteiger partial charge in [-0.25, -0.2) is 0 Å². The average Bonchev–Trinajstić information content (AvgIpc) is 2.73. The lowest BCUT2D eigenvalue weighted by molar-refractivity contribution is 0.102. The van der Waals surface area contributed by atoms with Gasteiger partial charge in [0.15, 0.2) is 11.5 Å². The van der Waals surface area contributed by atoms with E-state index in [-0.39, 0.29) is 5.91 Å². The SMILES string of the molecule is COc1ccc(CNc2ccc(NC(=O)c3ccccc3Cl)cc2)cc1OC. The molecule has 3 aromatic rings. The number of methoxy groups -OCH3 is 2. The molecular weight excluding hydrogens is 376 g/mol. The minimum absolute atomic E-state index is 0.239. The number of ether oxygens (including phenoxy) is 2. The van der Waals surface area contributed by atoms with Crippen LogP contribution in [-0.2, 0) is 6.54 Å². The van der Waals surface area contributed by atoms with E-state index >= 15 is 0 Å². The van der Waals surface area contributed by atoms with E-state index in [4.69, 9.17) is 21.1 Å². The highest BCUT2D eigenvalue weighted by atomic mass is 35.5. The first-order chi connectivity index (χ1) is 13.6. The number of rotatable bonds is 7. The van der Waals surface area contributed by atoms with Crippen molar-refractivity contribution in [2.24, 2.45) is 0 Å². The van der Waals surface area contributed by atoms with Crippen molar-refractivity contribution in [2.45, 2.75) is 6.54 Å². The van der Waals surface area contributed by atoms with E-state index in [1.807, 2.05) is 42.5 Å². The summed E-state index contributed by atoms with van der Waals surface area (Å²) in [6, 6.07) is 20.2. The second kappa shape index (κ2) is 9.15. The number of anilines is 2. The van der Waals surface area contributed by atoms with Gasteiger partial charge in [-0.15, -0.1) is 0 Å². The Morgan fingerprint density at radius 1 is 0.893 bits per heavy atom. The Kier molecular flexibility index (Phi) is 6.40. The Hall–Kier alpha value is -3.18. The molecule has 1 amide bonds. The lowest BCUT2D eigenvalue weighted by Gasteiger charge is -2.12. The van der Waals surface area contributed by atoms with Gasteiger partial charge in [0.05, 0.1) is 24.8 Å². The lowest BCUT2D eigenvalue weighted by Crippen LogP contribution is -2.12. The minimum atomic E-state index is -0.239. The molecule has 3 rings (SSSR count). The normalized spacial score (nSPS) is 10.2. The highest BCUT2D eigenvalue weighted by Crippen LogP contribution is 2.28. The van der Waals surface area contributed by atoms with Crippen LogP contribution in [-0.4, -0.2) is 20.1 Å². The van der Waals surface area contributed by atoms with E-state index in [0.29, 0.717) is 34.3 Å². The van der Waals surface area contributed by atoms with Crippen molar-refractivity contribution < 1.29 is 14.3 Å². The van der Waals surface area contributed by atoms with Crippen molar-refractivity contribution in [3.05, 3.63) is 82.9 Å². The molecule has 0 heterocycles. The molecule has 0 aromatic heterocycles. The maximum atomic E-state index is 12.3. The quantitative estimate of drug-likeness (QED) is 0.574. The molecule has 0 radical (unpaired) electrons. The maximum Gasteiger partial charge on any atom is 0.257 e. The Labute approximate surface area is 169 Å². The molecule has 0 unspecified atom stereocenters. The summed E-state index contributed by atoms with van der Waals surface area (Å²) in [5.74, 6) is 1.15. The third kappa shape index (κ3) is 4.75. The number of nitrogens with one attached hydrogen (secondary N) is 2. The van der Waals surface area contributed by atoms with Crippen LogP contribution in [0.4, 0.5) is 11.4 Å². The number of benzene rings is 3. The van der Waals surface area contributed by atoms with E-state index in [1.54, 1.807) is 38.5 Å². The van der Waals surface area contributed by atoms with Crippen LogP contribution < -0.4 is 20.1 Å². The van der Waals surface area contributed by atoms with E-state index < -0.39 is 0 Å². The molecule has 144 valence electrons. The summed E-state index contributed by atoms with van der Waals surface area (Å²) in [7, 11) is 3.23. The number of hydrogen-bond donors (Lipinski definition) is 2. The first-order valence-corrected chi connectivity index (χ1v) is 9.09. The summed E-state index contributed by atoms with van der Waals surface area (Å²) >= 11 is 6.06. The van der Waals surface area contributed by atoms with Gasteiger partial charge < -0.3 is 20.1 Å². The molecule has 6 heteroatoms. The fraction of sp³-hybridized carbons (Fsp3) is 0.136. The van der Waals surface area contributed by atoms with Gasteiger partial charge >= 0.3 is 0 Å². The standard InChI is InChI=1S/C22H21ClN2O3/c1-27-20-12-7-15(13-21(20)28-2)14-24-16-8-10-17(11-9-16)25-22(26)18-5-3-4-6-19(18)23/h3-13,24H,14H2,1-2H3,(H,25,26). The highest BCUT2D eigenvalue weighted by molar-refractivity contribution is 6.34. The summed E-state index contributed by atoms with van der Waals surface area (Å²) in [5.41, 5.74) is 3.14. The second-order valence-electron chi connectivity index (χ2n) is 6.05. The molecule has 28 heavy (non-hydrogen) atoms. The summed E-state index contributed by atoms with van der Waals surface area (Å²) in [6.45, 7) is 0.631. The molecule has 0 saturated carbocycles. The highest BCUT2D eigenvalue weighted by Gasteiger charge is 2.09. The van der Waals surface area contributed by atoms with Crippen molar-refractivity contribution in [3.63, 3.8) is 0 Å². The molecule has 2 N–H and O–H groups in total. The molecule has 3 aromatic carbocycles. The fourth-order valence-electron chi connectivity index (χ4n) is 2.71. The molecule has 0 aliphatic rings. The van der Waals surface area contributed by atoms with E-state index in [0.717, 1.165) is 11.3 Å². The predicted molar refractivity (Wildman–Crippen MR) is 113 cm³/mol. The third-order valence-corrected chi connectivity index (χ3v) is 4.54. The molecule has 0 aliphatic heterocycles. The van der Waals surface area contributed by atoms with Crippen LogP contribution in [0, 0.1) is 0 Å². The first-order valence-electron chi connectivity index (χ1n) is 8.71. The van der Waals surface area contributed by atoms with Crippen molar-refractivity contribution in [1.82, 2.24) is 0 Å². The van der Waals surface area contributed by atoms with E-state index in [1.165, 1.54) is 0 Å². The van der Waals surface area contributed by atoms with Crippen LogP contribution in [0.5, 0.6) is 11.5 Å². The third-order valence-electron chi connectivity index (χ3n) is 4.21. The molecule has 0 fully saturated rings. The Balaban J connectivity index is 1.60. The summed E-state index contributed by atoms with van der Waals surface area (Å²) in [5, 5.41) is 6.61. The summed E-state index contributed by atoms with van der Waals surface area (Å²) < 4.78 is 10.6. The smallest absolute Gasteiger partial charge is 0.257 e. The minimum Gasteiger partial charge on any atom is -0.493 e. The van der Waals surface area contributed by atoms with Gasteiger partial charge in [-0.1, -0.05) is 29.8 Å². The monoisotopic (exact) mass is 396 g/mol. The van der Waals surface area contributed by atoms with Crippen molar-refractivity contribution in [1.29, 1.82) is 0 Å².